The van der Waals surface area contributed by atoms with Gasteiger partial charge in [-0.1, -0.05) is 6.92 Å². The lowest BCUT2D eigenvalue weighted by atomic mass is 9.92. The number of thiazole rings is 1. The van der Waals surface area contributed by atoms with Crippen molar-refractivity contribution < 1.29 is 0 Å². The van der Waals surface area contributed by atoms with E-state index < -0.39 is 0 Å². The number of aryl methyl sites for hydroxylation is 1. The Morgan fingerprint density at radius 2 is 2.06 bits per heavy atom. The van der Waals surface area contributed by atoms with Gasteiger partial charge in [0.25, 0.3) is 0 Å². The third kappa shape index (κ3) is 1.70. The van der Waals surface area contributed by atoms with Gasteiger partial charge in [-0.2, -0.15) is 0 Å². The van der Waals surface area contributed by atoms with E-state index in [4.69, 9.17) is 4.98 Å². The summed E-state index contributed by atoms with van der Waals surface area (Å²) < 4.78 is 0. The molecule has 0 aromatic carbocycles. The van der Waals surface area contributed by atoms with E-state index in [1.54, 1.807) is 0 Å². The van der Waals surface area contributed by atoms with Gasteiger partial charge in [-0.3, -0.25) is 0 Å². The molecule has 2 aliphatic heterocycles. The van der Waals surface area contributed by atoms with Crippen molar-refractivity contribution in [1.29, 1.82) is 0 Å². The van der Waals surface area contributed by atoms with Gasteiger partial charge in [-0.05, 0) is 39.2 Å². The molecule has 0 spiro atoms. The maximum atomic E-state index is 4.77. The van der Waals surface area contributed by atoms with Crippen molar-refractivity contribution in [3.63, 3.8) is 0 Å². The summed E-state index contributed by atoms with van der Waals surface area (Å²) in [5.41, 5.74) is 1.28. The van der Waals surface area contributed by atoms with E-state index in [1.807, 2.05) is 11.3 Å². The van der Waals surface area contributed by atoms with Gasteiger partial charge in [0.15, 0.2) is 0 Å². The highest BCUT2D eigenvalue weighted by molar-refractivity contribution is 7.09. The number of hydrogen-bond donors (Lipinski definition) is 0. The lowest BCUT2D eigenvalue weighted by molar-refractivity contribution is 0.161. The van der Waals surface area contributed by atoms with Crippen molar-refractivity contribution >= 4 is 11.3 Å². The lowest BCUT2D eigenvalue weighted by Crippen LogP contribution is -2.39. The normalized spacial score (nSPS) is 34.5. The van der Waals surface area contributed by atoms with Crippen LogP contribution in [-0.4, -0.2) is 29.0 Å². The van der Waals surface area contributed by atoms with Crippen LogP contribution in [0, 0.1) is 0 Å². The van der Waals surface area contributed by atoms with Gasteiger partial charge in [0, 0.05) is 23.4 Å². The minimum atomic E-state index is 0.749. The Bertz CT molecular complexity index is 360. The first-order chi connectivity index (χ1) is 7.78. The fraction of sp³-hybridized carbons (Fsp3) is 0.769. The number of fused-ring (bicyclic) bond motifs is 2. The molecule has 2 aliphatic rings. The predicted octanol–water partition coefficient (Wildman–Crippen LogP) is 3.05. The molecule has 2 bridgehead atoms. The zero-order chi connectivity index (χ0) is 11.1. The quantitative estimate of drug-likeness (QED) is 0.784. The van der Waals surface area contributed by atoms with Crippen molar-refractivity contribution in [2.75, 3.05) is 7.05 Å². The topological polar surface area (TPSA) is 16.1 Å². The molecule has 3 heteroatoms. The van der Waals surface area contributed by atoms with Gasteiger partial charge < -0.3 is 4.90 Å². The van der Waals surface area contributed by atoms with Crippen LogP contribution in [0.25, 0.3) is 0 Å². The van der Waals surface area contributed by atoms with Crippen molar-refractivity contribution in [2.45, 2.75) is 57.0 Å². The fourth-order valence-electron chi connectivity index (χ4n) is 3.29. The van der Waals surface area contributed by atoms with Crippen LogP contribution in [-0.2, 0) is 6.42 Å². The van der Waals surface area contributed by atoms with E-state index >= 15 is 0 Å². The molecule has 2 fully saturated rings. The summed E-state index contributed by atoms with van der Waals surface area (Å²) >= 11 is 1.88. The molecule has 2 nitrogen and oxygen atoms in total. The third-order valence-corrected chi connectivity index (χ3v) is 5.44. The molecule has 0 amide bonds. The number of nitrogens with zero attached hydrogens (tertiary/aromatic N) is 2. The first-order valence-electron chi connectivity index (χ1n) is 6.44. The molecule has 3 heterocycles. The first-order valence-corrected chi connectivity index (χ1v) is 7.32. The van der Waals surface area contributed by atoms with Crippen molar-refractivity contribution in [1.82, 2.24) is 9.88 Å². The molecule has 2 saturated heterocycles. The second kappa shape index (κ2) is 4.11. The summed E-state index contributed by atoms with van der Waals surface area (Å²) in [6.07, 6.45) is 6.57. The number of piperidine rings is 1. The molecule has 1 aromatic heterocycles. The molecule has 0 aliphatic carbocycles. The average molecular weight is 236 g/mol. The summed E-state index contributed by atoms with van der Waals surface area (Å²) in [5, 5.41) is 3.65. The highest BCUT2D eigenvalue weighted by atomic mass is 32.1. The van der Waals surface area contributed by atoms with Crippen LogP contribution in [0.4, 0.5) is 0 Å². The van der Waals surface area contributed by atoms with Crippen LogP contribution in [0.2, 0.25) is 0 Å². The summed E-state index contributed by atoms with van der Waals surface area (Å²) in [5.74, 6) is 0.749. The second-order valence-electron chi connectivity index (χ2n) is 5.25. The molecule has 16 heavy (non-hydrogen) atoms. The molecule has 0 radical (unpaired) electrons. The Hall–Kier alpha value is -0.410. The summed E-state index contributed by atoms with van der Waals surface area (Å²) in [6, 6.07) is 1.66. The fourth-order valence-corrected chi connectivity index (χ4v) is 4.32. The Balaban J connectivity index is 1.77. The maximum Gasteiger partial charge on any atom is 0.0960 e. The molecular weight excluding hydrogens is 216 g/mol. The zero-order valence-electron chi connectivity index (χ0n) is 10.1. The molecule has 1 aromatic rings. The van der Waals surface area contributed by atoms with Crippen LogP contribution in [0.15, 0.2) is 5.38 Å². The molecule has 88 valence electrons. The molecule has 2 unspecified atom stereocenters. The van der Waals surface area contributed by atoms with Gasteiger partial charge in [0.1, 0.15) is 0 Å². The van der Waals surface area contributed by atoms with Gasteiger partial charge in [0.2, 0.25) is 0 Å². The molecular formula is C13H20N2S. The van der Waals surface area contributed by atoms with Gasteiger partial charge >= 0.3 is 0 Å². The van der Waals surface area contributed by atoms with Crippen molar-refractivity contribution in [3.8, 4) is 0 Å². The Morgan fingerprint density at radius 1 is 1.38 bits per heavy atom. The van der Waals surface area contributed by atoms with Gasteiger partial charge in [-0.25, -0.2) is 4.98 Å². The minimum Gasteiger partial charge on any atom is -0.300 e. The zero-order valence-corrected chi connectivity index (χ0v) is 11.0. The van der Waals surface area contributed by atoms with Crippen LogP contribution < -0.4 is 0 Å². The van der Waals surface area contributed by atoms with Crippen molar-refractivity contribution in [2.24, 2.45) is 0 Å². The first kappa shape index (κ1) is 10.7. The number of aromatic nitrogens is 1. The SMILES string of the molecule is CCc1csc(C2CC3CCC(C2)N3C)n1. The highest BCUT2D eigenvalue weighted by Gasteiger charge is 2.39. The Morgan fingerprint density at radius 3 is 2.62 bits per heavy atom. The summed E-state index contributed by atoms with van der Waals surface area (Å²) in [4.78, 5) is 7.38. The Labute approximate surface area is 102 Å². The second-order valence-corrected chi connectivity index (χ2v) is 6.14. The van der Waals surface area contributed by atoms with Crippen LogP contribution >= 0.6 is 11.3 Å². The van der Waals surface area contributed by atoms with Crippen LogP contribution in [0.5, 0.6) is 0 Å². The number of rotatable bonds is 2. The maximum absolute atomic E-state index is 4.77. The van der Waals surface area contributed by atoms with Crippen LogP contribution in [0.3, 0.4) is 0 Å². The molecule has 2 atom stereocenters. The Kier molecular flexibility index (Phi) is 2.76. The number of hydrogen-bond acceptors (Lipinski definition) is 3. The van der Waals surface area contributed by atoms with E-state index in [0.717, 1.165) is 24.4 Å². The molecule has 0 N–H and O–H groups in total. The monoisotopic (exact) mass is 236 g/mol. The average Bonchev–Trinajstić information content (AvgIpc) is 2.82. The van der Waals surface area contributed by atoms with Gasteiger partial charge in [0.05, 0.1) is 10.7 Å². The highest BCUT2D eigenvalue weighted by Crippen LogP contribution is 2.42. The largest absolute Gasteiger partial charge is 0.300 e. The van der Waals surface area contributed by atoms with E-state index in [0.29, 0.717) is 0 Å². The predicted molar refractivity (Wildman–Crippen MR) is 68.0 cm³/mol. The van der Waals surface area contributed by atoms with Crippen LogP contribution in [0.1, 0.15) is 49.2 Å². The van der Waals surface area contributed by atoms with E-state index in [1.165, 1.54) is 36.4 Å². The smallest absolute Gasteiger partial charge is 0.0960 e. The third-order valence-electron chi connectivity index (χ3n) is 4.38. The van der Waals surface area contributed by atoms with E-state index in [9.17, 15) is 0 Å². The standard InChI is InChI=1S/C13H20N2S/c1-3-10-8-16-13(14-10)9-6-11-4-5-12(7-9)15(11)2/h8-9,11-12H,3-7H2,1-2H3. The lowest BCUT2D eigenvalue weighted by Gasteiger charge is -2.35. The van der Waals surface area contributed by atoms with Crippen molar-refractivity contribution in [3.05, 3.63) is 16.1 Å². The van der Waals surface area contributed by atoms with E-state index in [2.05, 4.69) is 24.3 Å². The molecule has 3 rings (SSSR count). The molecule has 0 saturated carbocycles. The summed E-state index contributed by atoms with van der Waals surface area (Å²) in [7, 11) is 2.30. The minimum absolute atomic E-state index is 0.749. The summed E-state index contributed by atoms with van der Waals surface area (Å²) in [6.45, 7) is 2.19. The van der Waals surface area contributed by atoms with Gasteiger partial charge in [-0.15, -0.1) is 11.3 Å². The van der Waals surface area contributed by atoms with E-state index in [-0.39, 0.29) is 0 Å².